The van der Waals surface area contributed by atoms with E-state index in [1.807, 2.05) is 0 Å². The highest BCUT2D eigenvalue weighted by Crippen LogP contribution is 2.20. The smallest absolute Gasteiger partial charge is 0.257 e. The van der Waals surface area contributed by atoms with Crippen molar-refractivity contribution in [2.24, 2.45) is 5.10 Å². The minimum atomic E-state index is -0.412. The fourth-order valence-electron chi connectivity index (χ4n) is 2.27. The normalized spacial score (nSPS) is 10.7. The fourth-order valence-corrected chi connectivity index (χ4v) is 3.38. The number of phenolic OH excluding ortho intramolecular Hbond substituents is 1. The van der Waals surface area contributed by atoms with Gasteiger partial charge in [0.25, 0.3) is 5.91 Å². The molecule has 0 aliphatic carbocycles. The van der Waals surface area contributed by atoms with E-state index >= 15 is 0 Å². The molecule has 0 saturated heterocycles. The number of hydrazone groups is 1. The van der Waals surface area contributed by atoms with E-state index in [1.54, 1.807) is 43.5 Å². The summed E-state index contributed by atoms with van der Waals surface area (Å²) >= 11 is 4.38. The van der Waals surface area contributed by atoms with Crippen LogP contribution in [0.25, 0.3) is 0 Å². The number of hydrogen-bond acceptors (Lipinski definition) is 8. The van der Waals surface area contributed by atoms with Crippen molar-refractivity contribution in [1.82, 2.24) is 15.6 Å². The van der Waals surface area contributed by atoms with Crippen molar-refractivity contribution < 1.29 is 19.4 Å². The van der Waals surface area contributed by atoms with Crippen LogP contribution in [0, 0.1) is 0 Å². The molecule has 0 aliphatic rings. The number of carbonyl (C=O) groups is 2. The highest BCUT2D eigenvalue weighted by atomic mass is 79.9. The van der Waals surface area contributed by atoms with E-state index in [0.29, 0.717) is 21.9 Å². The van der Waals surface area contributed by atoms with Gasteiger partial charge in [-0.05, 0) is 42.5 Å². The summed E-state index contributed by atoms with van der Waals surface area (Å²) < 4.78 is 5.83. The van der Waals surface area contributed by atoms with Gasteiger partial charge in [-0.25, -0.2) is 5.43 Å². The van der Waals surface area contributed by atoms with Crippen LogP contribution in [0.15, 0.2) is 52.0 Å². The second-order valence-electron chi connectivity index (χ2n) is 5.86. The van der Waals surface area contributed by atoms with Crippen LogP contribution in [0.3, 0.4) is 0 Å². The number of methoxy groups -OCH3 is 1. The number of rotatable bonds is 7. The Morgan fingerprint density at radius 3 is 2.73 bits per heavy atom. The van der Waals surface area contributed by atoms with E-state index in [9.17, 15) is 14.7 Å². The molecule has 0 unspecified atom stereocenters. The SMILES string of the molecule is COc1ccc(C(=O)Nc2nnc(CC(=O)NN=Cc3cc(Br)ccc3O)s2)cc1. The third-order valence-electron chi connectivity index (χ3n) is 3.73. The monoisotopic (exact) mass is 489 g/mol. The first-order valence-electron chi connectivity index (χ1n) is 8.53. The van der Waals surface area contributed by atoms with Gasteiger partial charge in [0.2, 0.25) is 11.0 Å². The number of nitrogens with one attached hydrogen (secondary N) is 2. The Labute approximate surface area is 183 Å². The summed E-state index contributed by atoms with van der Waals surface area (Å²) in [6, 6.07) is 11.5. The second kappa shape index (κ2) is 9.94. The standard InChI is InChI=1S/C19H16BrN5O4S/c1-29-14-5-2-11(3-6-14)18(28)22-19-25-24-17(30-19)9-16(27)23-21-10-12-8-13(20)4-7-15(12)26/h2-8,10,26H,9H2,1H3,(H,23,27)(H,22,25,28). The number of aromatic hydroxyl groups is 1. The van der Waals surface area contributed by atoms with Gasteiger partial charge in [0, 0.05) is 15.6 Å². The van der Waals surface area contributed by atoms with Gasteiger partial charge in [0.15, 0.2) is 0 Å². The van der Waals surface area contributed by atoms with Crippen LogP contribution in [-0.2, 0) is 11.2 Å². The lowest BCUT2D eigenvalue weighted by Gasteiger charge is -2.02. The number of amides is 2. The van der Waals surface area contributed by atoms with Crippen LogP contribution in [0.1, 0.15) is 20.9 Å². The Hall–Kier alpha value is -3.31. The molecule has 0 radical (unpaired) electrons. The Bertz CT molecular complexity index is 1080. The first-order valence-corrected chi connectivity index (χ1v) is 10.1. The van der Waals surface area contributed by atoms with Gasteiger partial charge in [-0.2, -0.15) is 5.10 Å². The summed E-state index contributed by atoms with van der Waals surface area (Å²) in [5, 5.41) is 24.7. The Morgan fingerprint density at radius 1 is 1.23 bits per heavy atom. The predicted octanol–water partition coefficient (Wildman–Crippen LogP) is 2.96. The third kappa shape index (κ3) is 5.84. The number of carbonyl (C=O) groups excluding carboxylic acids is 2. The summed E-state index contributed by atoms with van der Waals surface area (Å²) in [4.78, 5) is 24.2. The van der Waals surface area contributed by atoms with Crippen molar-refractivity contribution in [1.29, 1.82) is 0 Å². The molecule has 3 aromatic rings. The van der Waals surface area contributed by atoms with E-state index in [4.69, 9.17) is 4.74 Å². The molecular formula is C19H16BrN5O4S. The first-order chi connectivity index (χ1) is 14.4. The van der Waals surface area contributed by atoms with E-state index in [-0.39, 0.29) is 23.2 Å². The van der Waals surface area contributed by atoms with Gasteiger partial charge in [-0.1, -0.05) is 27.3 Å². The molecule has 3 N–H and O–H groups in total. The molecule has 2 amide bonds. The molecule has 0 fully saturated rings. The number of nitrogens with zero attached hydrogens (tertiary/aromatic N) is 3. The van der Waals surface area contributed by atoms with Crippen LogP contribution in [-0.4, -0.2) is 40.4 Å². The number of hydrogen-bond donors (Lipinski definition) is 3. The molecule has 1 aromatic heterocycles. The molecule has 0 atom stereocenters. The molecule has 0 aliphatic heterocycles. The van der Waals surface area contributed by atoms with Crippen LogP contribution in [0.5, 0.6) is 11.5 Å². The van der Waals surface area contributed by atoms with Crippen molar-refractivity contribution in [2.75, 3.05) is 12.4 Å². The van der Waals surface area contributed by atoms with Gasteiger partial charge in [-0.3, -0.25) is 14.9 Å². The average molecular weight is 490 g/mol. The molecule has 11 heteroatoms. The minimum absolute atomic E-state index is 0.0394. The maximum Gasteiger partial charge on any atom is 0.257 e. The van der Waals surface area contributed by atoms with Crippen LogP contribution in [0.4, 0.5) is 5.13 Å². The minimum Gasteiger partial charge on any atom is -0.507 e. The number of benzene rings is 2. The first kappa shape index (κ1) is 21.4. The zero-order chi connectivity index (χ0) is 21.5. The van der Waals surface area contributed by atoms with Gasteiger partial charge >= 0.3 is 0 Å². The number of phenols is 1. The van der Waals surface area contributed by atoms with E-state index in [2.05, 4.69) is 42.0 Å². The fraction of sp³-hybridized carbons (Fsp3) is 0.105. The molecule has 9 nitrogen and oxygen atoms in total. The molecule has 0 spiro atoms. The highest BCUT2D eigenvalue weighted by molar-refractivity contribution is 9.10. The summed E-state index contributed by atoms with van der Waals surface area (Å²) in [6.07, 6.45) is 1.27. The molecule has 2 aromatic carbocycles. The summed E-state index contributed by atoms with van der Waals surface area (Å²) in [7, 11) is 1.55. The van der Waals surface area contributed by atoms with E-state index < -0.39 is 5.91 Å². The molecule has 3 rings (SSSR count). The zero-order valence-corrected chi connectivity index (χ0v) is 18.0. The molecule has 30 heavy (non-hydrogen) atoms. The van der Waals surface area contributed by atoms with Gasteiger partial charge < -0.3 is 9.84 Å². The maximum atomic E-state index is 12.2. The lowest BCUT2D eigenvalue weighted by atomic mass is 10.2. The van der Waals surface area contributed by atoms with Crippen LogP contribution < -0.4 is 15.5 Å². The number of ether oxygens (including phenoxy) is 1. The van der Waals surface area contributed by atoms with Crippen molar-refractivity contribution in [3.8, 4) is 11.5 Å². The van der Waals surface area contributed by atoms with E-state index in [1.165, 1.54) is 12.3 Å². The van der Waals surface area contributed by atoms with Crippen LogP contribution >= 0.6 is 27.3 Å². The quantitative estimate of drug-likeness (QED) is 0.346. The molecule has 1 heterocycles. The summed E-state index contributed by atoms with van der Waals surface area (Å²) in [6.45, 7) is 0. The number of aromatic nitrogens is 2. The molecule has 0 bridgehead atoms. The van der Waals surface area contributed by atoms with Gasteiger partial charge in [0.05, 0.1) is 19.7 Å². The summed E-state index contributed by atoms with van der Waals surface area (Å²) in [5.74, 6) is -0.0701. The lowest BCUT2D eigenvalue weighted by molar-refractivity contribution is -0.120. The Balaban J connectivity index is 1.53. The lowest BCUT2D eigenvalue weighted by Crippen LogP contribution is -2.19. The van der Waals surface area contributed by atoms with Gasteiger partial charge in [-0.15, -0.1) is 10.2 Å². The van der Waals surface area contributed by atoms with Crippen LogP contribution in [0.2, 0.25) is 0 Å². The topological polar surface area (TPSA) is 126 Å². The maximum absolute atomic E-state index is 12.2. The molecule has 154 valence electrons. The third-order valence-corrected chi connectivity index (χ3v) is 5.07. The zero-order valence-electron chi connectivity index (χ0n) is 15.6. The van der Waals surface area contributed by atoms with E-state index in [0.717, 1.165) is 15.8 Å². The number of halogens is 1. The van der Waals surface area contributed by atoms with Crippen molar-refractivity contribution in [3.05, 3.63) is 63.1 Å². The van der Waals surface area contributed by atoms with Crippen molar-refractivity contribution >= 4 is 50.4 Å². The molecule has 0 saturated carbocycles. The average Bonchev–Trinajstić information content (AvgIpc) is 3.17. The van der Waals surface area contributed by atoms with Crippen molar-refractivity contribution in [2.45, 2.75) is 6.42 Å². The van der Waals surface area contributed by atoms with Crippen molar-refractivity contribution in [3.63, 3.8) is 0 Å². The number of anilines is 1. The predicted molar refractivity (Wildman–Crippen MR) is 116 cm³/mol. The second-order valence-corrected chi connectivity index (χ2v) is 7.83. The molecular weight excluding hydrogens is 474 g/mol. The summed E-state index contributed by atoms with van der Waals surface area (Å²) in [5.41, 5.74) is 3.25. The highest BCUT2D eigenvalue weighted by Gasteiger charge is 2.12. The largest absolute Gasteiger partial charge is 0.507 e. The Morgan fingerprint density at radius 2 is 2.00 bits per heavy atom. The van der Waals surface area contributed by atoms with Gasteiger partial charge in [0.1, 0.15) is 16.5 Å². The Kier molecular flexibility index (Phi) is 7.09.